The van der Waals surface area contributed by atoms with E-state index in [0.717, 1.165) is 5.56 Å². The number of esters is 1. The minimum atomic E-state index is -0.380. The van der Waals surface area contributed by atoms with Gasteiger partial charge >= 0.3 is 5.97 Å². The molecule has 2 N–H and O–H groups in total. The number of fused-ring (bicyclic) bond motifs is 1. The van der Waals surface area contributed by atoms with Crippen molar-refractivity contribution in [2.45, 2.75) is 13.5 Å². The fraction of sp³-hybridized carbons (Fsp3) is 0.300. The summed E-state index contributed by atoms with van der Waals surface area (Å²) in [6, 6.07) is 1.84. The van der Waals surface area contributed by atoms with Crippen LogP contribution in [0.2, 0.25) is 0 Å². The van der Waals surface area contributed by atoms with Crippen molar-refractivity contribution in [3.05, 3.63) is 17.8 Å². The zero-order valence-corrected chi connectivity index (χ0v) is 9.10. The summed E-state index contributed by atoms with van der Waals surface area (Å²) in [7, 11) is 1.33. The number of hydrogen-bond donors (Lipinski definition) is 1. The Kier molecular flexibility index (Phi) is 2.47. The van der Waals surface area contributed by atoms with Crippen LogP contribution in [0.1, 0.15) is 5.56 Å². The van der Waals surface area contributed by atoms with Gasteiger partial charge in [0.15, 0.2) is 5.65 Å². The van der Waals surface area contributed by atoms with Crippen molar-refractivity contribution in [1.29, 1.82) is 0 Å². The van der Waals surface area contributed by atoms with E-state index in [1.54, 1.807) is 6.20 Å². The topological polar surface area (TPSA) is 83.0 Å². The first-order valence-electron chi connectivity index (χ1n) is 4.77. The molecular formula is C10H12N4O2. The minimum absolute atomic E-state index is 0.0231. The molecule has 0 fully saturated rings. The van der Waals surface area contributed by atoms with E-state index in [1.165, 1.54) is 11.7 Å². The lowest BCUT2D eigenvalue weighted by molar-refractivity contribution is -0.141. The molecule has 2 rings (SSSR count). The summed E-state index contributed by atoms with van der Waals surface area (Å²) in [5, 5.41) is 0. The maximum atomic E-state index is 11.2. The second kappa shape index (κ2) is 3.80. The number of carbonyl (C=O) groups is 1. The molecule has 0 saturated heterocycles. The van der Waals surface area contributed by atoms with Gasteiger partial charge in [0.1, 0.15) is 12.1 Å². The molecule has 0 atom stereocenters. The van der Waals surface area contributed by atoms with Gasteiger partial charge in [-0.1, -0.05) is 0 Å². The van der Waals surface area contributed by atoms with Crippen molar-refractivity contribution in [2.75, 3.05) is 12.8 Å². The number of pyridine rings is 1. The van der Waals surface area contributed by atoms with Crippen LogP contribution in [0.5, 0.6) is 0 Å². The van der Waals surface area contributed by atoms with Crippen LogP contribution in [-0.2, 0) is 16.1 Å². The average Bonchev–Trinajstić information content (AvgIpc) is 2.58. The Morgan fingerprint density at radius 2 is 2.38 bits per heavy atom. The summed E-state index contributed by atoms with van der Waals surface area (Å²) >= 11 is 0. The first-order chi connectivity index (χ1) is 7.63. The lowest BCUT2D eigenvalue weighted by atomic mass is 10.3. The third kappa shape index (κ3) is 1.58. The summed E-state index contributed by atoms with van der Waals surface area (Å²) in [6.45, 7) is 1.94. The van der Waals surface area contributed by atoms with Crippen LogP contribution < -0.4 is 5.73 Å². The van der Waals surface area contributed by atoms with E-state index in [-0.39, 0.29) is 18.5 Å². The van der Waals surface area contributed by atoms with E-state index in [1.807, 2.05) is 13.0 Å². The summed E-state index contributed by atoms with van der Waals surface area (Å²) in [6.07, 6.45) is 1.66. The quantitative estimate of drug-likeness (QED) is 0.745. The van der Waals surface area contributed by atoms with Crippen molar-refractivity contribution in [3.63, 3.8) is 0 Å². The Morgan fingerprint density at radius 3 is 3.06 bits per heavy atom. The van der Waals surface area contributed by atoms with Crippen LogP contribution in [0.3, 0.4) is 0 Å². The van der Waals surface area contributed by atoms with Crippen LogP contribution in [0.25, 0.3) is 11.2 Å². The van der Waals surface area contributed by atoms with Gasteiger partial charge in [0, 0.05) is 6.20 Å². The minimum Gasteiger partial charge on any atom is -0.468 e. The fourth-order valence-corrected chi connectivity index (χ4v) is 1.50. The van der Waals surface area contributed by atoms with Crippen LogP contribution in [0.15, 0.2) is 12.3 Å². The highest BCUT2D eigenvalue weighted by atomic mass is 16.5. The lowest BCUT2D eigenvalue weighted by Gasteiger charge is -2.03. The number of nitrogens with two attached hydrogens (primary N) is 1. The largest absolute Gasteiger partial charge is 0.468 e. The van der Waals surface area contributed by atoms with Gasteiger partial charge in [-0.3, -0.25) is 9.36 Å². The Bertz CT molecular complexity index is 547. The van der Waals surface area contributed by atoms with Gasteiger partial charge in [0.25, 0.3) is 0 Å². The van der Waals surface area contributed by atoms with E-state index in [4.69, 9.17) is 5.73 Å². The number of hydrogen-bond acceptors (Lipinski definition) is 5. The number of carbonyl (C=O) groups excluding carboxylic acids is 1. The van der Waals surface area contributed by atoms with Crippen molar-refractivity contribution < 1.29 is 9.53 Å². The molecule has 0 amide bonds. The SMILES string of the molecule is COC(=O)Cn1c(N)nc2c(C)ccnc21. The van der Waals surface area contributed by atoms with E-state index in [9.17, 15) is 4.79 Å². The number of nitrogens with zero attached hydrogens (tertiary/aromatic N) is 3. The molecule has 0 aliphatic carbocycles. The fourth-order valence-electron chi connectivity index (χ4n) is 1.50. The smallest absolute Gasteiger partial charge is 0.325 e. The van der Waals surface area contributed by atoms with Gasteiger partial charge in [0.2, 0.25) is 5.95 Å². The molecule has 16 heavy (non-hydrogen) atoms. The second-order valence-electron chi connectivity index (χ2n) is 3.43. The van der Waals surface area contributed by atoms with E-state index in [0.29, 0.717) is 11.2 Å². The predicted molar refractivity (Wildman–Crippen MR) is 58.7 cm³/mol. The molecule has 0 spiro atoms. The zero-order valence-electron chi connectivity index (χ0n) is 9.10. The maximum absolute atomic E-state index is 11.2. The van der Waals surface area contributed by atoms with Crippen LogP contribution in [-0.4, -0.2) is 27.6 Å². The molecule has 0 radical (unpaired) electrons. The Balaban J connectivity index is 2.56. The average molecular weight is 220 g/mol. The number of anilines is 1. The molecule has 2 heterocycles. The monoisotopic (exact) mass is 220 g/mol. The first kappa shape index (κ1) is 10.4. The van der Waals surface area contributed by atoms with Crippen LogP contribution in [0, 0.1) is 6.92 Å². The third-order valence-corrected chi connectivity index (χ3v) is 2.38. The predicted octanol–water partition coefficient (Wildman–Crippen LogP) is 0.495. The van der Waals surface area contributed by atoms with Gasteiger partial charge in [0.05, 0.1) is 7.11 Å². The van der Waals surface area contributed by atoms with Gasteiger partial charge in [-0.25, -0.2) is 9.97 Å². The molecule has 84 valence electrons. The highest BCUT2D eigenvalue weighted by Crippen LogP contribution is 2.18. The van der Waals surface area contributed by atoms with Gasteiger partial charge in [-0.2, -0.15) is 0 Å². The summed E-state index contributed by atoms with van der Waals surface area (Å²) in [4.78, 5) is 19.5. The number of aryl methyl sites for hydroxylation is 1. The van der Waals surface area contributed by atoms with Crippen LogP contribution >= 0.6 is 0 Å². The number of rotatable bonds is 2. The van der Waals surface area contributed by atoms with Crippen molar-refractivity contribution >= 4 is 23.1 Å². The van der Waals surface area contributed by atoms with E-state index >= 15 is 0 Å². The molecule has 2 aromatic heterocycles. The molecule has 0 bridgehead atoms. The molecule has 0 aromatic carbocycles. The molecular weight excluding hydrogens is 208 g/mol. The molecule has 0 saturated carbocycles. The molecule has 0 aliphatic rings. The Hall–Kier alpha value is -2.11. The van der Waals surface area contributed by atoms with Crippen molar-refractivity contribution in [3.8, 4) is 0 Å². The summed E-state index contributed by atoms with van der Waals surface area (Å²) in [5.74, 6) is -0.114. The Morgan fingerprint density at radius 1 is 1.62 bits per heavy atom. The lowest BCUT2D eigenvalue weighted by Crippen LogP contribution is -2.13. The first-order valence-corrected chi connectivity index (χ1v) is 4.77. The van der Waals surface area contributed by atoms with Crippen LogP contribution in [0.4, 0.5) is 5.95 Å². The molecule has 6 nitrogen and oxygen atoms in total. The second-order valence-corrected chi connectivity index (χ2v) is 3.43. The number of imidazole rings is 1. The zero-order chi connectivity index (χ0) is 11.7. The van der Waals surface area contributed by atoms with Crippen molar-refractivity contribution in [2.24, 2.45) is 0 Å². The molecule has 0 aliphatic heterocycles. The number of nitrogen functional groups attached to an aromatic ring is 1. The van der Waals surface area contributed by atoms with Gasteiger partial charge in [-0.15, -0.1) is 0 Å². The van der Waals surface area contributed by atoms with Gasteiger partial charge < -0.3 is 10.5 Å². The summed E-state index contributed by atoms with van der Waals surface area (Å²) < 4.78 is 6.12. The number of methoxy groups -OCH3 is 1. The number of aromatic nitrogens is 3. The molecule has 0 unspecified atom stereocenters. The molecule has 2 aromatic rings. The summed E-state index contributed by atoms with van der Waals surface area (Å²) in [5.41, 5.74) is 8.01. The van der Waals surface area contributed by atoms with Crippen molar-refractivity contribution in [1.82, 2.24) is 14.5 Å². The van der Waals surface area contributed by atoms with E-state index in [2.05, 4.69) is 14.7 Å². The van der Waals surface area contributed by atoms with E-state index < -0.39 is 0 Å². The highest BCUT2D eigenvalue weighted by molar-refractivity contribution is 5.80. The molecule has 6 heteroatoms. The maximum Gasteiger partial charge on any atom is 0.325 e. The standard InChI is InChI=1S/C10H12N4O2/c1-6-3-4-12-9-8(6)13-10(11)14(9)5-7(15)16-2/h3-4H,5H2,1-2H3,(H2,11,13). The van der Waals surface area contributed by atoms with Gasteiger partial charge in [-0.05, 0) is 18.6 Å². The highest BCUT2D eigenvalue weighted by Gasteiger charge is 2.13. The Labute approximate surface area is 92.0 Å². The number of ether oxygens (including phenoxy) is 1. The normalized spacial score (nSPS) is 10.6. The third-order valence-electron chi connectivity index (χ3n) is 2.38.